The molecule has 442 valence electrons. The number of hydrogen-bond acceptors (Lipinski definition) is 25. The van der Waals surface area contributed by atoms with Crippen molar-refractivity contribution < 1.29 is 114 Å². The van der Waals surface area contributed by atoms with Gasteiger partial charge >= 0.3 is 59.7 Å². The molecule has 0 aromatic heterocycles. The summed E-state index contributed by atoms with van der Waals surface area (Å²) in [5.41, 5.74) is 1.55. The molecule has 0 radical (unpaired) electrons. The third-order valence-corrected chi connectivity index (χ3v) is 16.5. The molecule has 0 N–H and O–H groups in total. The number of nitrogens with zero attached hydrogens (tertiary/aromatic N) is 1. The zero-order valence-corrected chi connectivity index (χ0v) is 46.2. The molecule has 0 aromatic carbocycles. The first kappa shape index (κ1) is 59.4. The van der Waals surface area contributed by atoms with E-state index in [9.17, 15) is 53.2 Å². The minimum absolute atomic E-state index is 0.0371. The molecule has 4 aliphatic carbocycles. The van der Waals surface area contributed by atoms with Crippen LogP contribution in [0, 0.1) is 58.7 Å². The second-order valence-electron chi connectivity index (χ2n) is 23.1. The maximum atomic E-state index is 11.8. The van der Waals surface area contributed by atoms with Crippen LogP contribution in [0.5, 0.6) is 0 Å². The highest BCUT2D eigenvalue weighted by molar-refractivity contribution is 5.91. The first-order valence-electron chi connectivity index (χ1n) is 27.0. The normalized spacial score (nSPS) is 39.6. The first-order valence-corrected chi connectivity index (χ1v) is 27.0. The van der Waals surface area contributed by atoms with Gasteiger partial charge in [-0.2, -0.15) is 5.26 Å². The lowest BCUT2D eigenvalue weighted by atomic mass is 9.79. The monoisotopic (exact) mass is 1150 g/mol. The van der Waals surface area contributed by atoms with E-state index in [0.717, 1.165) is 19.3 Å². The molecule has 82 heavy (non-hydrogen) atoms. The fraction of sp³-hybridized carbons (Fsp3) is 0.632. The van der Waals surface area contributed by atoms with E-state index >= 15 is 0 Å². The Morgan fingerprint density at radius 2 is 1.05 bits per heavy atom. The quantitative estimate of drug-likeness (QED) is 0.172. The fourth-order valence-corrected chi connectivity index (χ4v) is 12.8. The number of carbonyl (C=O) groups is 10. The van der Waals surface area contributed by atoms with Gasteiger partial charge in [-0.3, -0.25) is 19.2 Å². The molecule has 13 fully saturated rings. The molecule has 6 bridgehead atoms. The molecule has 9 aliphatic heterocycles. The van der Waals surface area contributed by atoms with Gasteiger partial charge in [0.05, 0.1) is 42.3 Å². The van der Waals surface area contributed by atoms with E-state index in [-0.39, 0.29) is 107 Å². The molecule has 9 saturated heterocycles. The highest BCUT2D eigenvalue weighted by Crippen LogP contribution is 2.59. The largest absolute Gasteiger partial charge is 0.458 e. The molecule has 25 heteroatoms. The average Bonchev–Trinajstić information content (AvgIpc) is 2.61. The Morgan fingerprint density at radius 1 is 0.512 bits per heavy atom. The molecular weight excluding hydrogens is 1080 g/mol. The standard InChI is InChI=1S/C13H13NO4.C13H16O7.C12H14O4.C11H12O5.C8H10O4/c1-5(2)12(15)17-10-6-3-7-9(8(6)4-14)13(16)18-11(7)10;1-5(2)10(14)17-8-6-7(16-11(8)15)9-12(18-6)20-13(3,4)19-9;1-5(2)11(13)15-9-6-3-7-8(4-6)12(14)16-10(7)9;1-4(2)10(12)15-8-6-3-5-7(14-6)9(8)16-11(5)13;1-5(2)8(10)12-7-4-3-6(9)11-7/h6-11H,1,3H2,2H3;6-9,12H,1H2,2-4H3;6-10H,1,3-4H2,2H3;5-9H,1,3H2,2H3;7H,1,3-4H2,2H3. The third kappa shape index (κ3) is 11.3. The van der Waals surface area contributed by atoms with Gasteiger partial charge in [0.2, 0.25) is 12.4 Å². The predicted molar refractivity (Wildman–Crippen MR) is 268 cm³/mol. The van der Waals surface area contributed by atoms with Crippen LogP contribution in [0.3, 0.4) is 0 Å². The smallest absolute Gasteiger partial charge is 0.350 e. The van der Waals surface area contributed by atoms with E-state index in [0.29, 0.717) is 47.5 Å². The molecule has 25 nitrogen and oxygen atoms in total. The lowest BCUT2D eigenvalue weighted by Gasteiger charge is -2.27. The predicted octanol–water partition coefficient (Wildman–Crippen LogP) is 3.09. The molecule has 0 spiro atoms. The van der Waals surface area contributed by atoms with Gasteiger partial charge in [0.15, 0.2) is 36.5 Å². The number of rotatable bonds is 10. The Hall–Kier alpha value is -7.27. The molecule has 22 unspecified atom stereocenters. The molecule has 0 amide bonds. The van der Waals surface area contributed by atoms with Gasteiger partial charge in [-0.1, -0.05) is 32.9 Å². The van der Waals surface area contributed by atoms with E-state index in [4.69, 9.17) is 61.6 Å². The lowest BCUT2D eigenvalue weighted by Crippen LogP contribution is -2.40. The van der Waals surface area contributed by atoms with E-state index in [1.54, 1.807) is 41.5 Å². The Balaban J connectivity index is 0.000000125. The van der Waals surface area contributed by atoms with Crippen molar-refractivity contribution in [2.75, 3.05) is 0 Å². The summed E-state index contributed by atoms with van der Waals surface area (Å²) in [5.74, 6) is -5.15. The van der Waals surface area contributed by atoms with Crippen LogP contribution in [0.15, 0.2) is 60.8 Å². The fourth-order valence-electron chi connectivity index (χ4n) is 12.8. The highest BCUT2D eigenvalue weighted by Gasteiger charge is 2.69. The van der Waals surface area contributed by atoms with Crippen LogP contribution < -0.4 is 0 Å². The van der Waals surface area contributed by atoms with Crippen LogP contribution >= 0.6 is 0 Å². The van der Waals surface area contributed by atoms with Crippen molar-refractivity contribution in [3.8, 4) is 6.07 Å². The highest BCUT2D eigenvalue weighted by atomic mass is 16.9. The van der Waals surface area contributed by atoms with Crippen molar-refractivity contribution in [2.24, 2.45) is 47.3 Å². The van der Waals surface area contributed by atoms with Crippen LogP contribution in [0.2, 0.25) is 0 Å². The second-order valence-corrected chi connectivity index (χ2v) is 23.1. The molecule has 0 aromatic rings. The number of esters is 10. The minimum Gasteiger partial charge on any atom is -0.458 e. The average molecular weight is 1150 g/mol. The Kier molecular flexibility index (Phi) is 16.5. The van der Waals surface area contributed by atoms with E-state index in [1.807, 2.05) is 0 Å². The van der Waals surface area contributed by atoms with E-state index < -0.39 is 90.9 Å². The van der Waals surface area contributed by atoms with Gasteiger partial charge in [0.25, 0.3) is 0 Å². The van der Waals surface area contributed by atoms with Crippen molar-refractivity contribution in [2.45, 2.75) is 179 Å². The molecule has 22 atom stereocenters. The summed E-state index contributed by atoms with van der Waals surface area (Å²) in [6.45, 7) is 28.8. The van der Waals surface area contributed by atoms with Crippen molar-refractivity contribution >= 4 is 59.7 Å². The SMILES string of the molecule is C=C(C)C(=O)OC1C(=O)OC2C3OC(C)(C)OC3OC12.C=C(C)C(=O)OC1C2CC3C(=O)OC1C3C2.C=C(C)C(=O)OC1C2CC3C(=O)OC1C3O2.C=C(C)C(=O)OC1C2CC3C1OC(=O)C3C2C#N.C=C(C)C(=O)OC1CCC(=O)O1. The maximum absolute atomic E-state index is 11.8. The zero-order chi connectivity index (χ0) is 59.7. The summed E-state index contributed by atoms with van der Waals surface area (Å²) < 4.78 is 73.8. The molecule has 9 heterocycles. The van der Waals surface area contributed by atoms with Gasteiger partial charge < -0.3 is 66.3 Å². The van der Waals surface area contributed by atoms with E-state index in [1.165, 1.54) is 6.92 Å². The molecule has 13 rings (SSSR count). The number of hydrogen-bond donors (Lipinski definition) is 0. The zero-order valence-electron chi connectivity index (χ0n) is 46.2. The summed E-state index contributed by atoms with van der Waals surface area (Å²) >= 11 is 0. The van der Waals surface area contributed by atoms with Gasteiger partial charge in [-0.05, 0) is 74.1 Å². The summed E-state index contributed by atoms with van der Waals surface area (Å²) in [7, 11) is 0. The van der Waals surface area contributed by atoms with Gasteiger partial charge in [0.1, 0.15) is 36.6 Å². The number of cyclic esters (lactones) is 1. The van der Waals surface area contributed by atoms with Crippen molar-refractivity contribution in [3.05, 3.63) is 60.8 Å². The topological polar surface area (TPSA) is 324 Å². The van der Waals surface area contributed by atoms with Crippen LogP contribution in [0.25, 0.3) is 0 Å². The van der Waals surface area contributed by atoms with Crippen molar-refractivity contribution in [1.82, 2.24) is 0 Å². The van der Waals surface area contributed by atoms with Gasteiger partial charge in [0, 0.05) is 58.0 Å². The first-order chi connectivity index (χ1) is 38.6. The van der Waals surface area contributed by atoms with E-state index in [2.05, 4.69) is 43.7 Å². The number of nitriles is 1. The summed E-state index contributed by atoms with van der Waals surface area (Å²) in [5, 5.41) is 9.17. The number of carbonyl (C=O) groups excluding carboxylic acids is 10. The Morgan fingerprint density at radius 3 is 1.65 bits per heavy atom. The summed E-state index contributed by atoms with van der Waals surface area (Å²) in [6, 6.07) is 2.17. The van der Waals surface area contributed by atoms with Crippen LogP contribution in [-0.4, -0.2) is 151 Å². The van der Waals surface area contributed by atoms with Crippen molar-refractivity contribution in [3.63, 3.8) is 0 Å². The van der Waals surface area contributed by atoms with Crippen LogP contribution in [-0.2, 0) is 114 Å². The molecular formula is C57H65NO24. The minimum atomic E-state index is -1.11. The lowest BCUT2D eigenvalue weighted by molar-refractivity contribution is -0.216. The summed E-state index contributed by atoms with van der Waals surface area (Å²) in [4.78, 5) is 114. The Labute approximate surface area is 470 Å². The number of ether oxygens (including phenoxy) is 14. The molecule has 4 saturated carbocycles. The third-order valence-electron chi connectivity index (χ3n) is 16.5. The van der Waals surface area contributed by atoms with Crippen LogP contribution in [0.1, 0.15) is 87.0 Å². The second kappa shape index (κ2) is 22.8. The van der Waals surface area contributed by atoms with Gasteiger partial charge in [-0.15, -0.1) is 0 Å². The van der Waals surface area contributed by atoms with Crippen LogP contribution in [0.4, 0.5) is 0 Å². The maximum Gasteiger partial charge on any atom is 0.350 e. The Bertz CT molecular complexity index is 2770. The van der Waals surface area contributed by atoms with Crippen molar-refractivity contribution in [1.29, 1.82) is 5.26 Å². The summed E-state index contributed by atoms with van der Waals surface area (Å²) in [6.07, 6.45) is -3.01. The van der Waals surface area contributed by atoms with Gasteiger partial charge in [-0.25, -0.2) is 28.8 Å². The molecule has 13 aliphatic rings. The number of fused-ring (bicyclic) bond motifs is 6.